The molecule has 1 fully saturated rings. The number of unbranched alkanes of at least 4 members (excludes halogenated alkanes) is 6. The summed E-state index contributed by atoms with van der Waals surface area (Å²) in [5.74, 6) is -7.23. The molecule has 1 saturated heterocycles. The van der Waals surface area contributed by atoms with Gasteiger partial charge in [0.25, 0.3) is 0 Å². The fraction of sp³-hybridized carbons (Fsp3) is 0.633. The third kappa shape index (κ3) is 28.9. The van der Waals surface area contributed by atoms with E-state index in [0.717, 1.165) is 49.7 Å². The van der Waals surface area contributed by atoms with Gasteiger partial charge in [-0.1, -0.05) is 56.4 Å². The van der Waals surface area contributed by atoms with Crippen LogP contribution in [0.3, 0.4) is 0 Å². The summed E-state index contributed by atoms with van der Waals surface area (Å²) in [6.45, 7) is 0.549. The van der Waals surface area contributed by atoms with Gasteiger partial charge in [-0.05, 0) is 43.2 Å². The Hall–Kier alpha value is -5.87. The van der Waals surface area contributed by atoms with Crippen LogP contribution in [0.25, 0.3) is 0 Å². The number of carboxylic acids is 7. The van der Waals surface area contributed by atoms with Crippen molar-refractivity contribution in [2.45, 2.75) is 108 Å². The van der Waals surface area contributed by atoms with Gasteiger partial charge in [-0.2, -0.15) is 15.0 Å². The molecule has 1 aliphatic heterocycles. The first kappa shape index (κ1) is 67.2. The summed E-state index contributed by atoms with van der Waals surface area (Å²) in [4.78, 5) is 128. The number of ketones is 1. The SMILES string of the molecule is CN(C)c1nc(Cc2ccc(CC3CN(CC(=O)O)CCN(CC(=O)O)CCN(CC(=O)O)CCN3CC(=O)O)cc2)nc(NCCCCCCCCCC(=O)CC[C@H](NC(=O)N[C@@H](CCC(=O)O)C(=O)O)C(=O)O)n1.[Lu]. The van der Waals surface area contributed by atoms with Crippen LogP contribution in [-0.4, -0.2) is 235 Å². The van der Waals surface area contributed by atoms with Crippen molar-refractivity contribution in [2.75, 3.05) is 103 Å². The molecular weight excluding hydrogens is 1170 g/mol. The van der Waals surface area contributed by atoms with Crippen LogP contribution < -0.4 is 20.9 Å². The summed E-state index contributed by atoms with van der Waals surface area (Å²) < 4.78 is 0. The van der Waals surface area contributed by atoms with E-state index < -0.39 is 78.8 Å². The van der Waals surface area contributed by atoms with Crippen molar-refractivity contribution in [3.8, 4) is 0 Å². The quantitative estimate of drug-likeness (QED) is 0.0436. The summed E-state index contributed by atoms with van der Waals surface area (Å²) in [5, 5.41) is 73.9. The van der Waals surface area contributed by atoms with Crippen molar-refractivity contribution >= 4 is 65.5 Å². The maximum Gasteiger partial charge on any atom is 0.326 e. The number of hydrogen-bond donors (Lipinski definition) is 10. The second-order valence-corrected chi connectivity index (χ2v) is 19.0. The zero-order chi connectivity index (χ0) is 56.2. The Labute approximate surface area is 476 Å². The molecule has 3 rings (SSSR count). The number of nitrogens with one attached hydrogen (secondary N) is 3. The number of anilines is 2. The van der Waals surface area contributed by atoms with Crippen LogP contribution in [0.5, 0.6) is 0 Å². The van der Waals surface area contributed by atoms with Crippen LogP contribution in [0.15, 0.2) is 24.3 Å². The first-order valence-electron chi connectivity index (χ1n) is 25.3. The number of amides is 2. The number of rotatable bonds is 34. The number of carbonyl (C=O) groups excluding carboxylic acids is 2. The number of aromatic nitrogens is 3. The summed E-state index contributed by atoms with van der Waals surface area (Å²) in [6.07, 6.45) is 5.75. The molecule has 10 N–H and O–H groups in total. The second-order valence-electron chi connectivity index (χ2n) is 19.0. The first-order chi connectivity index (χ1) is 36.1. The maximum absolute atomic E-state index is 12.5. The van der Waals surface area contributed by atoms with E-state index in [-0.39, 0.29) is 134 Å². The molecule has 1 aromatic heterocycles. The molecular formula is C49H75LuN11O16. The predicted molar refractivity (Wildman–Crippen MR) is 273 cm³/mol. The van der Waals surface area contributed by atoms with E-state index in [0.29, 0.717) is 43.5 Å². The zero-order valence-electron chi connectivity index (χ0n) is 43.6. The molecule has 1 aromatic carbocycles. The maximum atomic E-state index is 12.5. The molecule has 3 atom stereocenters. The number of carbonyl (C=O) groups is 9. The third-order valence-electron chi connectivity index (χ3n) is 12.5. The van der Waals surface area contributed by atoms with Gasteiger partial charge in [-0.3, -0.25) is 48.4 Å². The fourth-order valence-corrected chi connectivity index (χ4v) is 8.47. The smallest absolute Gasteiger partial charge is 0.326 e. The summed E-state index contributed by atoms with van der Waals surface area (Å²) in [6, 6.07) is 3.08. The standard InChI is InChI=1S/C49H75N11O16.Lu/c1-56(2)48-54-39(53-47(55-48)50-19-9-7-5-3-4-6-8-10-36(61)15-16-37(45(72)73)51-49(76)52-38(46(74)75)17-18-40(62)63)27-34-13-11-33(12-14-34)26-35-28-59(31-43(68)69)23-22-57(29-41(64)65)20-21-58(30-42(66)67)24-25-60(35)32-44(70)71;/h11-14,35,37-38H,3-10,15-32H2,1-2H3,(H,62,63)(H,64,65)(H,66,67)(H,68,69)(H,70,71)(H,72,73)(H,74,75)(H2,51,52,76)(H,50,53,54,55);/t35?,37-,38-;/m0./s1. The number of aliphatic carboxylic acids is 7. The molecule has 2 heterocycles. The number of Topliss-reactive ketones (excluding diaryl/α,β-unsaturated/α-hetero) is 1. The van der Waals surface area contributed by atoms with Crippen molar-refractivity contribution < 1.29 is 116 Å². The summed E-state index contributed by atoms with van der Waals surface area (Å²) in [5.41, 5.74) is 1.73. The molecule has 28 heteroatoms. The van der Waals surface area contributed by atoms with E-state index in [1.165, 1.54) is 0 Å². The average Bonchev–Trinajstić information content (AvgIpc) is 3.33. The van der Waals surface area contributed by atoms with Gasteiger partial charge >= 0.3 is 47.8 Å². The Balaban J connectivity index is 0.0000203. The molecule has 2 aromatic rings. The normalized spacial score (nSPS) is 15.8. The van der Waals surface area contributed by atoms with Crippen LogP contribution in [0.2, 0.25) is 0 Å². The third-order valence-corrected chi connectivity index (χ3v) is 12.5. The van der Waals surface area contributed by atoms with Gasteiger partial charge in [-0.15, -0.1) is 0 Å². The van der Waals surface area contributed by atoms with E-state index in [2.05, 4.69) is 30.9 Å². The Morgan fingerprint density at radius 3 is 1.57 bits per heavy atom. The van der Waals surface area contributed by atoms with Crippen LogP contribution in [0, 0.1) is 36.9 Å². The van der Waals surface area contributed by atoms with Gasteiger partial charge in [0.1, 0.15) is 23.7 Å². The number of hydrogen-bond acceptors (Lipinski definition) is 18. The van der Waals surface area contributed by atoms with E-state index >= 15 is 0 Å². The fourth-order valence-electron chi connectivity index (χ4n) is 8.47. The van der Waals surface area contributed by atoms with Crippen molar-refractivity contribution in [1.82, 2.24) is 45.2 Å². The van der Waals surface area contributed by atoms with Crippen LogP contribution in [0.4, 0.5) is 16.7 Å². The summed E-state index contributed by atoms with van der Waals surface area (Å²) in [7, 11) is 3.65. The Kier molecular flexibility index (Phi) is 31.7. The summed E-state index contributed by atoms with van der Waals surface area (Å²) >= 11 is 0. The molecule has 77 heavy (non-hydrogen) atoms. The molecule has 1 radical (unpaired) electrons. The minimum Gasteiger partial charge on any atom is -0.481 e. The largest absolute Gasteiger partial charge is 0.481 e. The Morgan fingerprint density at radius 2 is 1.05 bits per heavy atom. The Bertz CT molecular complexity index is 2250. The molecule has 27 nitrogen and oxygen atoms in total. The second kappa shape index (κ2) is 36.3. The molecule has 1 aliphatic rings. The zero-order valence-corrected chi connectivity index (χ0v) is 45.2. The molecule has 437 valence electrons. The molecule has 1 unspecified atom stereocenters. The van der Waals surface area contributed by atoms with E-state index in [1.54, 1.807) is 24.5 Å². The van der Waals surface area contributed by atoms with Gasteiger partial charge in [0.05, 0.1) is 26.2 Å². The van der Waals surface area contributed by atoms with Gasteiger partial charge in [0.15, 0.2) is 0 Å². The monoisotopic (exact) mass is 1250 g/mol. The minimum absolute atomic E-state index is 0. The van der Waals surface area contributed by atoms with E-state index in [4.69, 9.17) is 5.11 Å². The van der Waals surface area contributed by atoms with Gasteiger partial charge in [0.2, 0.25) is 11.9 Å². The number of carboxylic acid groups (broad SMARTS) is 7. The van der Waals surface area contributed by atoms with Gasteiger partial charge in [-0.25, -0.2) is 14.4 Å². The number of nitrogens with zero attached hydrogens (tertiary/aromatic N) is 8. The molecule has 2 amide bonds. The van der Waals surface area contributed by atoms with Gasteiger partial charge < -0.3 is 56.6 Å². The molecule has 0 bridgehead atoms. The Morgan fingerprint density at radius 1 is 0.571 bits per heavy atom. The number of urea groups is 1. The molecule has 0 aliphatic carbocycles. The first-order valence-corrected chi connectivity index (χ1v) is 25.3. The van der Waals surface area contributed by atoms with Crippen LogP contribution >= 0.6 is 0 Å². The minimum atomic E-state index is -1.53. The predicted octanol–water partition coefficient (Wildman–Crippen LogP) is 0.952. The van der Waals surface area contributed by atoms with Crippen molar-refractivity contribution in [3.63, 3.8) is 0 Å². The average molecular weight is 1250 g/mol. The van der Waals surface area contributed by atoms with Crippen molar-refractivity contribution in [3.05, 3.63) is 41.2 Å². The van der Waals surface area contributed by atoms with E-state index in [9.17, 15) is 73.8 Å². The van der Waals surface area contributed by atoms with Gasteiger partial charge in [0, 0.05) is 135 Å². The molecule has 0 spiro atoms. The van der Waals surface area contributed by atoms with E-state index in [1.807, 2.05) is 38.4 Å². The number of benzene rings is 1. The topological polar surface area (TPSA) is 386 Å². The van der Waals surface area contributed by atoms with Crippen LogP contribution in [-0.2, 0) is 51.2 Å². The molecule has 0 saturated carbocycles. The van der Waals surface area contributed by atoms with Crippen molar-refractivity contribution in [1.29, 1.82) is 0 Å². The van der Waals surface area contributed by atoms with Crippen molar-refractivity contribution in [2.24, 2.45) is 0 Å². The van der Waals surface area contributed by atoms with Crippen LogP contribution in [0.1, 0.15) is 94.0 Å².